The zero-order valence-electron chi connectivity index (χ0n) is 13.3. The second-order valence-electron chi connectivity index (χ2n) is 5.71. The number of aromatic nitrogens is 1. The van der Waals surface area contributed by atoms with Crippen molar-refractivity contribution in [2.24, 2.45) is 0 Å². The third kappa shape index (κ3) is 2.84. The Balaban J connectivity index is 1.83. The van der Waals surface area contributed by atoms with Crippen LogP contribution < -0.4 is 0 Å². The van der Waals surface area contributed by atoms with Crippen molar-refractivity contribution in [2.45, 2.75) is 0 Å². The van der Waals surface area contributed by atoms with E-state index in [4.69, 9.17) is 0 Å². The summed E-state index contributed by atoms with van der Waals surface area (Å²) in [6, 6.07) is 29.2. The number of benzene rings is 3. The van der Waals surface area contributed by atoms with Gasteiger partial charge in [0.1, 0.15) is 0 Å². The van der Waals surface area contributed by atoms with Crippen molar-refractivity contribution >= 4 is 22.9 Å². The fourth-order valence-corrected chi connectivity index (χ4v) is 2.94. The first-order valence-corrected chi connectivity index (χ1v) is 8.08. The second kappa shape index (κ2) is 6.51. The lowest BCUT2D eigenvalue weighted by Crippen LogP contribution is -1.88. The molecule has 0 aliphatic heterocycles. The summed E-state index contributed by atoms with van der Waals surface area (Å²) < 4.78 is 0. The summed E-state index contributed by atoms with van der Waals surface area (Å²) in [5, 5.41) is 2.39. The van der Waals surface area contributed by atoms with Crippen molar-refractivity contribution in [1.82, 2.24) is 4.98 Å². The Hall–Kier alpha value is -3.19. The van der Waals surface area contributed by atoms with Crippen LogP contribution in [0.25, 0.3) is 34.2 Å². The third-order valence-electron chi connectivity index (χ3n) is 4.14. The van der Waals surface area contributed by atoms with E-state index in [0.29, 0.717) is 0 Å². The zero-order chi connectivity index (χ0) is 16.2. The van der Waals surface area contributed by atoms with Crippen LogP contribution >= 0.6 is 0 Å². The molecule has 0 saturated heterocycles. The Morgan fingerprint density at radius 1 is 0.625 bits per heavy atom. The van der Waals surface area contributed by atoms with Gasteiger partial charge >= 0.3 is 0 Å². The molecule has 0 amide bonds. The van der Waals surface area contributed by atoms with Gasteiger partial charge in [0, 0.05) is 17.1 Å². The van der Waals surface area contributed by atoms with Gasteiger partial charge < -0.3 is 0 Å². The fraction of sp³-hybridized carbons (Fsp3) is 0. The largest absolute Gasteiger partial charge is 0.256 e. The molecule has 0 N–H and O–H groups in total. The number of hydrogen-bond donors (Lipinski definition) is 0. The summed E-state index contributed by atoms with van der Waals surface area (Å²) in [6.07, 6.45) is 6.19. The molecular weight excluding hydrogens is 290 g/mol. The first-order valence-electron chi connectivity index (χ1n) is 8.08. The average Bonchev–Trinajstić information content (AvgIpc) is 2.67. The van der Waals surface area contributed by atoms with Gasteiger partial charge in [-0.15, -0.1) is 0 Å². The van der Waals surface area contributed by atoms with Crippen LogP contribution in [0, 0.1) is 0 Å². The van der Waals surface area contributed by atoms with E-state index in [0.717, 1.165) is 11.3 Å². The smallest absolute Gasteiger partial charge is 0.0786 e. The topological polar surface area (TPSA) is 12.9 Å². The molecule has 3 aromatic carbocycles. The molecule has 114 valence electrons. The highest BCUT2D eigenvalue weighted by atomic mass is 14.7. The maximum Gasteiger partial charge on any atom is 0.0786 e. The maximum atomic E-state index is 4.66. The molecule has 24 heavy (non-hydrogen) atoms. The quantitative estimate of drug-likeness (QED) is 0.418. The molecule has 0 aliphatic rings. The van der Waals surface area contributed by atoms with Crippen LogP contribution in [-0.2, 0) is 0 Å². The zero-order valence-corrected chi connectivity index (χ0v) is 13.3. The lowest BCUT2D eigenvalue weighted by Gasteiger charge is -2.09. The number of rotatable bonds is 3. The van der Waals surface area contributed by atoms with E-state index in [-0.39, 0.29) is 0 Å². The van der Waals surface area contributed by atoms with E-state index in [9.17, 15) is 0 Å². The van der Waals surface area contributed by atoms with E-state index in [1.165, 1.54) is 21.9 Å². The van der Waals surface area contributed by atoms with Gasteiger partial charge in [-0.05, 0) is 22.6 Å². The predicted octanol–water partition coefficient (Wildman–Crippen LogP) is 6.07. The standard InChI is InChI=1S/C23H17N/c1-2-8-18(9-3-1)14-15-19-10-4-6-12-21(19)23-22-13-7-5-11-20(22)16-17-24-23/h1-17H/b15-14+. The number of fused-ring (bicyclic) bond motifs is 1. The lowest BCUT2D eigenvalue weighted by atomic mass is 9.99. The minimum atomic E-state index is 1.03. The summed E-state index contributed by atoms with van der Waals surface area (Å²) in [5.41, 5.74) is 4.55. The van der Waals surface area contributed by atoms with E-state index >= 15 is 0 Å². The summed E-state index contributed by atoms with van der Waals surface area (Å²) in [5.74, 6) is 0. The van der Waals surface area contributed by atoms with Gasteiger partial charge in [-0.25, -0.2) is 0 Å². The lowest BCUT2D eigenvalue weighted by molar-refractivity contribution is 1.35. The van der Waals surface area contributed by atoms with Crippen molar-refractivity contribution in [2.75, 3.05) is 0 Å². The molecule has 0 fully saturated rings. The molecule has 1 aromatic heterocycles. The Bertz CT molecular complexity index is 995. The summed E-state index contributed by atoms with van der Waals surface area (Å²) in [7, 11) is 0. The molecule has 0 unspecified atom stereocenters. The van der Waals surface area contributed by atoms with E-state index in [2.05, 4.69) is 96.0 Å². The van der Waals surface area contributed by atoms with Gasteiger partial charge in [0.15, 0.2) is 0 Å². The molecule has 4 rings (SSSR count). The Morgan fingerprint density at radius 3 is 2.29 bits per heavy atom. The normalized spacial score (nSPS) is 11.2. The molecule has 0 atom stereocenters. The minimum absolute atomic E-state index is 1.03. The molecule has 0 saturated carbocycles. The highest BCUT2D eigenvalue weighted by molar-refractivity contribution is 5.96. The van der Waals surface area contributed by atoms with Crippen LogP contribution in [0.5, 0.6) is 0 Å². The van der Waals surface area contributed by atoms with Crippen LogP contribution in [0.4, 0.5) is 0 Å². The second-order valence-corrected chi connectivity index (χ2v) is 5.71. The monoisotopic (exact) mass is 307 g/mol. The van der Waals surface area contributed by atoms with Crippen LogP contribution in [0.3, 0.4) is 0 Å². The molecule has 0 aliphatic carbocycles. The van der Waals surface area contributed by atoms with Crippen molar-refractivity contribution in [3.05, 3.63) is 102 Å². The fourth-order valence-electron chi connectivity index (χ4n) is 2.94. The number of hydrogen-bond acceptors (Lipinski definition) is 1. The maximum absolute atomic E-state index is 4.66. The highest BCUT2D eigenvalue weighted by Gasteiger charge is 2.07. The summed E-state index contributed by atoms with van der Waals surface area (Å²) >= 11 is 0. The van der Waals surface area contributed by atoms with Gasteiger partial charge in [-0.3, -0.25) is 4.98 Å². The van der Waals surface area contributed by atoms with Crippen LogP contribution in [0.15, 0.2) is 91.1 Å². The van der Waals surface area contributed by atoms with E-state index in [1.54, 1.807) is 0 Å². The molecule has 0 radical (unpaired) electrons. The molecule has 0 bridgehead atoms. The number of nitrogens with zero attached hydrogens (tertiary/aromatic N) is 1. The predicted molar refractivity (Wildman–Crippen MR) is 103 cm³/mol. The van der Waals surface area contributed by atoms with Crippen molar-refractivity contribution in [1.29, 1.82) is 0 Å². The van der Waals surface area contributed by atoms with E-state index in [1.807, 2.05) is 12.3 Å². The highest BCUT2D eigenvalue weighted by Crippen LogP contribution is 2.29. The molecule has 1 nitrogen and oxygen atoms in total. The SMILES string of the molecule is C(=C\c1ccccc1-c1nccc2ccccc12)/c1ccccc1. The first kappa shape index (κ1) is 14.4. The summed E-state index contributed by atoms with van der Waals surface area (Å²) in [4.78, 5) is 4.66. The minimum Gasteiger partial charge on any atom is -0.256 e. The Kier molecular flexibility index (Phi) is 3.91. The van der Waals surface area contributed by atoms with Crippen LogP contribution in [-0.4, -0.2) is 4.98 Å². The Morgan fingerprint density at radius 2 is 1.38 bits per heavy atom. The van der Waals surface area contributed by atoms with Crippen molar-refractivity contribution < 1.29 is 0 Å². The van der Waals surface area contributed by atoms with Gasteiger partial charge in [0.25, 0.3) is 0 Å². The molecule has 1 heterocycles. The van der Waals surface area contributed by atoms with Gasteiger partial charge in [-0.2, -0.15) is 0 Å². The van der Waals surface area contributed by atoms with Gasteiger partial charge in [0.05, 0.1) is 5.69 Å². The van der Waals surface area contributed by atoms with Crippen molar-refractivity contribution in [3.8, 4) is 11.3 Å². The van der Waals surface area contributed by atoms with E-state index < -0.39 is 0 Å². The Labute approximate surface area is 141 Å². The molecule has 0 spiro atoms. The van der Waals surface area contributed by atoms with Crippen molar-refractivity contribution in [3.63, 3.8) is 0 Å². The molecule has 1 heteroatoms. The van der Waals surface area contributed by atoms with Crippen LogP contribution in [0.1, 0.15) is 11.1 Å². The molecule has 4 aromatic rings. The van der Waals surface area contributed by atoms with Crippen LogP contribution in [0.2, 0.25) is 0 Å². The molecular formula is C23H17N. The summed E-state index contributed by atoms with van der Waals surface area (Å²) in [6.45, 7) is 0. The van der Waals surface area contributed by atoms with Gasteiger partial charge in [-0.1, -0.05) is 91.0 Å². The number of pyridine rings is 1. The average molecular weight is 307 g/mol. The third-order valence-corrected chi connectivity index (χ3v) is 4.14. The van der Waals surface area contributed by atoms with Gasteiger partial charge in [0.2, 0.25) is 0 Å². The first-order chi connectivity index (χ1) is 11.9.